The quantitative estimate of drug-likeness (QED) is 0.196. The van der Waals surface area contributed by atoms with Gasteiger partial charge in [-0.25, -0.2) is 15.0 Å². The van der Waals surface area contributed by atoms with Crippen LogP contribution in [-0.4, -0.2) is 15.0 Å². The molecular weight excluding hydrogens is 550 g/mol. The number of aromatic nitrogens is 3. The molecule has 4 nitrogen and oxygen atoms in total. The summed E-state index contributed by atoms with van der Waals surface area (Å²) in [7, 11) is 0. The topological polar surface area (TPSA) is 51.8 Å². The van der Waals surface area contributed by atoms with Crippen molar-refractivity contribution in [3.63, 3.8) is 0 Å². The Morgan fingerprint density at radius 3 is 1.67 bits per heavy atom. The van der Waals surface area contributed by atoms with E-state index in [2.05, 4.69) is 74.5 Å². The van der Waals surface area contributed by atoms with Gasteiger partial charge in [0, 0.05) is 32.8 Å². The van der Waals surface area contributed by atoms with Crippen LogP contribution >= 0.6 is 0 Å². The van der Waals surface area contributed by atoms with E-state index in [4.69, 9.17) is 19.4 Å². The fraction of sp³-hybridized carbons (Fsp3) is 0.0488. The molecule has 2 heterocycles. The van der Waals surface area contributed by atoms with E-state index in [0.717, 1.165) is 49.8 Å². The van der Waals surface area contributed by atoms with E-state index < -0.39 is 0 Å². The summed E-state index contributed by atoms with van der Waals surface area (Å²) >= 11 is 0. The van der Waals surface area contributed by atoms with Crippen LogP contribution in [0.3, 0.4) is 0 Å². The second-order valence-corrected chi connectivity index (χ2v) is 11.7. The van der Waals surface area contributed by atoms with E-state index in [1.54, 1.807) is 0 Å². The Morgan fingerprint density at radius 2 is 0.978 bits per heavy atom. The van der Waals surface area contributed by atoms with Crippen LogP contribution in [0, 0.1) is 13.8 Å². The lowest BCUT2D eigenvalue weighted by atomic mass is 9.86. The highest BCUT2D eigenvalue weighted by Crippen LogP contribution is 2.45. The molecule has 0 amide bonds. The molecule has 0 atom stereocenters. The van der Waals surface area contributed by atoms with Crippen LogP contribution in [0.15, 0.2) is 132 Å². The van der Waals surface area contributed by atoms with Gasteiger partial charge in [0.1, 0.15) is 11.2 Å². The molecule has 45 heavy (non-hydrogen) atoms. The van der Waals surface area contributed by atoms with Gasteiger partial charge in [-0.2, -0.15) is 0 Å². The first-order chi connectivity index (χ1) is 22.2. The number of nitrogens with zero attached hydrogens (tertiary/aromatic N) is 3. The standard InChI is InChI=1S/C41H27N3O/c1-24-23-32-36(29-18-10-9-17-28(29)30-21-22-34-38(37(30)32)31-19-11-12-20-33(31)45-34)25(2)35(24)41-43-39(26-13-5-3-6-14-26)42-40(44-41)27-15-7-4-8-16-27/h3-23H,1-2H3. The van der Waals surface area contributed by atoms with Crippen LogP contribution in [0.5, 0.6) is 0 Å². The van der Waals surface area contributed by atoms with Gasteiger partial charge in [-0.05, 0) is 70.1 Å². The van der Waals surface area contributed by atoms with Crippen molar-refractivity contribution in [1.29, 1.82) is 0 Å². The van der Waals surface area contributed by atoms with Crippen molar-refractivity contribution in [3.8, 4) is 34.2 Å². The van der Waals surface area contributed by atoms with Crippen molar-refractivity contribution in [2.45, 2.75) is 13.8 Å². The van der Waals surface area contributed by atoms with E-state index in [0.29, 0.717) is 17.5 Å². The smallest absolute Gasteiger partial charge is 0.164 e. The van der Waals surface area contributed by atoms with Gasteiger partial charge in [-0.15, -0.1) is 0 Å². The number of furan rings is 1. The van der Waals surface area contributed by atoms with Crippen LogP contribution in [0.4, 0.5) is 0 Å². The third-order valence-electron chi connectivity index (χ3n) is 9.00. The zero-order chi connectivity index (χ0) is 30.1. The molecule has 9 rings (SSSR count). The monoisotopic (exact) mass is 577 g/mol. The molecule has 0 fully saturated rings. The number of para-hydroxylation sites is 1. The maximum absolute atomic E-state index is 6.36. The summed E-state index contributed by atoms with van der Waals surface area (Å²) < 4.78 is 6.36. The molecule has 0 N–H and O–H groups in total. The Balaban J connectivity index is 1.42. The van der Waals surface area contributed by atoms with Gasteiger partial charge in [0.15, 0.2) is 17.5 Å². The lowest BCUT2D eigenvalue weighted by molar-refractivity contribution is 0.669. The number of hydrogen-bond donors (Lipinski definition) is 0. The van der Waals surface area contributed by atoms with Gasteiger partial charge in [-0.1, -0.05) is 109 Å². The molecule has 0 bridgehead atoms. The van der Waals surface area contributed by atoms with Gasteiger partial charge in [0.05, 0.1) is 0 Å². The first-order valence-electron chi connectivity index (χ1n) is 15.2. The summed E-state index contributed by atoms with van der Waals surface area (Å²) in [6.07, 6.45) is 0. The summed E-state index contributed by atoms with van der Waals surface area (Å²) in [6, 6.07) is 44.0. The molecule has 0 aliphatic heterocycles. The Labute approximate surface area is 259 Å². The Kier molecular flexibility index (Phi) is 5.59. The van der Waals surface area contributed by atoms with Crippen molar-refractivity contribution in [3.05, 3.63) is 139 Å². The van der Waals surface area contributed by atoms with Gasteiger partial charge in [0.2, 0.25) is 0 Å². The third-order valence-corrected chi connectivity index (χ3v) is 9.00. The van der Waals surface area contributed by atoms with Crippen LogP contribution in [0.25, 0.3) is 88.4 Å². The zero-order valence-electron chi connectivity index (χ0n) is 24.9. The molecule has 0 spiro atoms. The number of rotatable bonds is 3. The minimum atomic E-state index is 0.660. The molecule has 212 valence electrons. The predicted octanol–water partition coefficient (Wildman–Crippen LogP) is 10.8. The summed E-state index contributed by atoms with van der Waals surface area (Å²) in [5, 5.41) is 9.58. The molecule has 9 aromatic rings. The van der Waals surface area contributed by atoms with E-state index in [1.165, 1.54) is 32.3 Å². The molecule has 0 radical (unpaired) electrons. The second kappa shape index (κ2) is 9.83. The van der Waals surface area contributed by atoms with E-state index in [-0.39, 0.29) is 0 Å². The highest BCUT2D eigenvalue weighted by molar-refractivity contribution is 6.35. The molecule has 0 aliphatic rings. The van der Waals surface area contributed by atoms with E-state index >= 15 is 0 Å². The SMILES string of the molecule is Cc1cc2c(c(C)c1-c1nc(-c3ccccc3)nc(-c3ccccc3)n1)c1ccccc1c1ccc3oc4ccccc4c3c12. The summed E-state index contributed by atoms with van der Waals surface area (Å²) in [4.78, 5) is 15.2. The maximum atomic E-state index is 6.36. The average molecular weight is 578 g/mol. The highest BCUT2D eigenvalue weighted by Gasteiger charge is 2.22. The lowest BCUT2D eigenvalue weighted by Gasteiger charge is -2.18. The first kappa shape index (κ1) is 25.6. The van der Waals surface area contributed by atoms with Crippen LogP contribution in [0.2, 0.25) is 0 Å². The molecule has 4 heteroatoms. The fourth-order valence-corrected chi connectivity index (χ4v) is 7.05. The molecule has 0 saturated heterocycles. The van der Waals surface area contributed by atoms with Gasteiger partial charge < -0.3 is 4.42 Å². The van der Waals surface area contributed by atoms with Crippen molar-refractivity contribution >= 4 is 54.3 Å². The molecule has 7 aromatic carbocycles. The molecule has 0 saturated carbocycles. The van der Waals surface area contributed by atoms with E-state index in [9.17, 15) is 0 Å². The Hall–Kier alpha value is -5.87. The number of fused-ring (bicyclic) bond motifs is 10. The first-order valence-corrected chi connectivity index (χ1v) is 15.2. The van der Waals surface area contributed by atoms with Crippen molar-refractivity contribution in [2.24, 2.45) is 0 Å². The molecular formula is C41H27N3O. The normalized spacial score (nSPS) is 11.8. The molecule has 0 unspecified atom stereocenters. The fourth-order valence-electron chi connectivity index (χ4n) is 7.05. The van der Waals surface area contributed by atoms with Crippen LogP contribution in [-0.2, 0) is 0 Å². The predicted molar refractivity (Wildman–Crippen MR) is 185 cm³/mol. The van der Waals surface area contributed by atoms with Gasteiger partial charge >= 0.3 is 0 Å². The van der Waals surface area contributed by atoms with Crippen LogP contribution in [0.1, 0.15) is 11.1 Å². The number of benzene rings is 7. The third kappa shape index (κ3) is 3.89. The van der Waals surface area contributed by atoms with Crippen molar-refractivity contribution in [2.75, 3.05) is 0 Å². The van der Waals surface area contributed by atoms with Crippen LogP contribution < -0.4 is 0 Å². The maximum Gasteiger partial charge on any atom is 0.164 e. The minimum Gasteiger partial charge on any atom is -0.456 e. The van der Waals surface area contributed by atoms with Crippen molar-refractivity contribution < 1.29 is 4.42 Å². The molecule has 2 aromatic heterocycles. The summed E-state index contributed by atoms with van der Waals surface area (Å²) in [6.45, 7) is 4.38. The summed E-state index contributed by atoms with van der Waals surface area (Å²) in [5.41, 5.74) is 7.02. The number of hydrogen-bond acceptors (Lipinski definition) is 4. The van der Waals surface area contributed by atoms with E-state index in [1.807, 2.05) is 66.7 Å². The number of aryl methyl sites for hydroxylation is 2. The second-order valence-electron chi connectivity index (χ2n) is 11.7. The summed E-state index contributed by atoms with van der Waals surface area (Å²) in [5.74, 6) is 2.00. The minimum absolute atomic E-state index is 0.660. The average Bonchev–Trinajstić information content (AvgIpc) is 3.48. The Bertz CT molecular complexity index is 2550. The van der Waals surface area contributed by atoms with Gasteiger partial charge in [0.25, 0.3) is 0 Å². The van der Waals surface area contributed by atoms with Gasteiger partial charge in [-0.3, -0.25) is 0 Å². The molecule has 0 aliphatic carbocycles. The highest BCUT2D eigenvalue weighted by atomic mass is 16.3. The zero-order valence-corrected chi connectivity index (χ0v) is 24.9. The largest absolute Gasteiger partial charge is 0.456 e. The van der Waals surface area contributed by atoms with Crippen molar-refractivity contribution in [1.82, 2.24) is 15.0 Å². The lowest BCUT2D eigenvalue weighted by Crippen LogP contribution is -2.03. The Morgan fingerprint density at radius 1 is 0.422 bits per heavy atom.